The van der Waals surface area contributed by atoms with Crippen LogP contribution in [0.3, 0.4) is 0 Å². The Kier molecular flexibility index (Phi) is 4.83. The van der Waals surface area contributed by atoms with Gasteiger partial charge in [-0.15, -0.1) is 0 Å². The van der Waals surface area contributed by atoms with Gasteiger partial charge in [0.2, 0.25) is 0 Å². The molecule has 0 unspecified atom stereocenters. The van der Waals surface area contributed by atoms with Crippen molar-refractivity contribution >= 4 is 11.5 Å². The second-order valence-corrected chi connectivity index (χ2v) is 7.29. The first-order valence-corrected chi connectivity index (χ1v) is 9.17. The minimum Gasteiger partial charge on any atom is -0.355 e. The maximum atomic E-state index is 14.3. The number of aromatic nitrogens is 5. The van der Waals surface area contributed by atoms with Crippen LogP contribution in [0.15, 0.2) is 30.9 Å². The van der Waals surface area contributed by atoms with E-state index in [2.05, 4.69) is 19.9 Å². The molecule has 3 aromatic heterocycles. The number of halogens is 5. The molecule has 0 bridgehead atoms. The zero-order valence-electron chi connectivity index (χ0n) is 15.8. The van der Waals surface area contributed by atoms with Crippen molar-refractivity contribution in [3.05, 3.63) is 36.5 Å². The molecule has 1 aliphatic heterocycles. The first kappa shape index (κ1) is 20.4. The van der Waals surface area contributed by atoms with E-state index in [0.717, 1.165) is 12.4 Å². The van der Waals surface area contributed by atoms with Crippen molar-refractivity contribution in [3.63, 3.8) is 0 Å². The van der Waals surface area contributed by atoms with E-state index in [0.29, 0.717) is 5.82 Å². The molecule has 4 heterocycles. The van der Waals surface area contributed by atoms with Crippen LogP contribution in [-0.4, -0.2) is 49.9 Å². The molecule has 0 amide bonds. The van der Waals surface area contributed by atoms with E-state index in [-0.39, 0.29) is 36.8 Å². The monoisotopic (exact) mass is 427 g/mol. The SMILES string of the molecule is C[C@H]1CN(c2ccnc(-c3cnc4cnc(C(F)(F)F)cn34)n2)C[C@@H](CN)C1(F)F. The van der Waals surface area contributed by atoms with Gasteiger partial charge in [0.15, 0.2) is 17.2 Å². The van der Waals surface area contributed by atoms with E-state index in [1.54, 1.807) is 11.0 Å². The molecule has 0 saturated carbocycles. The summed E-state index contributed by atoms with van der Waals surface area (Å²) in [4.78, 5) is 17.6. The zero-order valence-corrected chi connectivity index (χ0v) is 15.8. The van der Waals surface area contributed by atoms with Gasteiger partial charge in [0, 0.05) is 37.9 Å². The predicted molar refractivity (Wildman–Crippen MR) is 97.9 cm³/mol. The highest BCUT2D eigenvalue weighted by molar-refractivity contribution is 5.58. The standard InChI is InChI=1S/C18H18F5N7/c1-10-7-29(8-11(4-24)17(10,19)20)14-2-3-25-16(28-14)12-5-27-15-6-26-13(9-30(12)15)18(21,22)23/h2-3,5-6,9-11H,4,7-8,24H2,1H3/t10-,11+/m0/s1. The Labute approximate surface area is 167 Å². The summed E-state index contributed by atoms with van der Waals surface area (Å²) in [6, 6.07) is 1.57. The van der Waals surface area contributed by atoms with Crippen molar-refractivity contribution in [2.24, 2.45) is 17.6 Å². The van der Waals surface area contributed by atoms with Crippen molar-refractivity contribution in [3.8, 4) is 11.5 Å². The second-order valence-electron chi connectivity index (χ2n) is 7.29. The van der Waals surface area contributed by atoms with Gasteiger partial charge in [-0.05, 0) is 6.07 Å². The number of fused-ring (bicyclic) bond motifs is 1. The normalized spacial score (nSPS) is 21.9. The number of imidazole rings is 1. The number of hydrogen-bond acceptors (Lipinski definition) is 6. The molecule has 12 heteroatoms. The molecule has 0 aliphatic carbocycles. The maximum Gasteiger partial charge on any atom is 0.434 e. The van der Waals surface area contributed by atoms with Crippen LogP contribution in [0, 0.1) is 11.8 Å². The van der Waals surface area contributed by atoms with E-state index in [1.165, 1.54) is 23.7 Å². The molecule has 1 fully saturated rings. The highest BCUT2D eigenvalue weighted by atomic mass is 19.4. The van der Waals surface area contributed by atoms with Crippen molar-refractivity contribution in [2.75, 3.05) is 24.5 Å². The number of rotatable bonds is 3. The number of nitrogens with zero attached hydrogens (tertiary/aromatic N) is 6. The fourth-order valence-electron chi connectivity index (χ4n) is 3.59. The summed E-state index contributed by atoms with van der Waals surface area (Å²) in [6.07, 6.45) is -0.0212. The molecule has 160 valence electrons. The van der Waals surface area contributed by atoms with Crippen molar-refractivity contribution in [1.82, 2.24) is 24.3 Å². The van der Waals surface area contributed by atoms with Crippen LogP contribution >= 0.6 is 0 Å². The molecular formula is C18H18F5N7. The third-order valence-electron chi connectivity index (χ3n) is 5.30. The Hall–Kier alpha value is -2.89. The average Bonchev–Trinajstić information content (AvgIpc) is 3.12. The number of alkyl halides is 5. The number of nitrogens with two attached hydrogens (primary N) is 1. The van der Waals surface area contributed by atoms with E-state index < -0.39 is 29.6 Å². The quantitative estimate of drug-likeness (QED) is 0.647. The van der Waals surface area contributed by atoms with E-state index >= 15 is 0 Å². The van der Waals surface area contributed by atoms with Crippen LogP contribution in [0.25, 0.3) is 17.2 Å². The fraction of sp³-hybridized carbons (Fsp3) is 0.444. The number of hydrogen-bond donors (Lipinski definition) is 1. The summed E-state index contributed by atoms with van der Waals surface area (Å²) in [5, 5.41) is 0. The van der Waals surface area contributed by atoms with Crippen LogP contribution in [0.1, 0.15) is 12.6 Å². The minimum absolute atomic E-state index is 0.0135. The van der Waals surface area contributed by atoms with Crippen LogP contribution in [0.5, 0.6) is 0 Å². The van der Waals surface area contributed by atoms with Gasteiger partial charge in [0.25, 0.3) is 5.92 Å². The van der Waals surface area contributed by atoms with Gasteiger partial charge in [0.1, 0.15) is 11.5 Å². The first-order valence-electron chi connectivity index (χ1n) is 9.17. The maximum absolute atomic E-state index is 14.3. The van der Waals surface area contributed by atoms with Gasteiger partial charge in [0.05, 0.1) is 18.3 Å². The largest absolute Gasteiger partial charge is 0.434 e. The number of anilines is 1. The Morgan fingerprint density at radius 1 is 1.17 bits per heavy atom. The van der Waals surface area contributed by atoms with Crippen molar-refractivity contribution in [2.45, 2.75) is 19.0 Å². The highest BCUT2D eigenvalue weighted by Gasteiger charge is 2.49. The van der Waals surface area contributed by atoms with Crippen LogP contribution in [-0.2, 0) is 6.18 Å². The lowest BCUT2D eigenvalue weighted by Gasteiger charge is -2.42. The Morgan fingerprint density at radius 2 is 1.93 bits per heavy atom. The fourth-order valence-corrected chi connectivity index (χ4v) is 3.59. The zero-order chi connectivity index (χ0) is 21.7. The smallest absolute Gasteiger partial charge is 0.355 e. The molecule has 4 rings (SSSR count). The van der Waals surface area contributed by atoms with Gasteiger partial charge in [-0.1, -0.05) is 6.92 Å². The van der Waals surface area contributed by atoms with Gasteiger partial charge < -0.3 is 10.6 Å². The summed E-state index contributed by atoms with van der Waals surface area (Å²) in [6.45, 7) is 1.36. The topological polar surface area (TPSA) is 85.2 Å². The highest BCUT2D eigenvalue weighted by Crippen LogP contribution is 2.38. The summed E-state index contributed by atoms with van der Waals surface area (Å²) in [5.74, 6) is -4.34. The molecular weight excluding hydrogens is 409 g/mol. The molecule has 1 aliphatic rings. The lowest BCUT2D eigenvalue weighted by atomic mass is 9.86. The molecule has 2 N–H and O–H groups in total. The van der Waals surface area contributed by atoms with Gasteiger partial charge in [-0.2, -0.15) is 13.2 Å². The van der Waals surface area contributed by atoms with E-state index in [4.69, 9.17) is 5.73 Å². The second kappa shape index (κ2) is 7.11. The molecule has 0 aromatic carbocycles. The van der Waals surface area contributed by atoms with Crippen LogP contribution in [0.2, 0.25) is 0 Å². The van der Waals surface area contributed by atoms with Crippen LogP contribution in [0.4, 0.5) is 27.8 Å². The summed E-state index contributed by atoms with van der Waals surface area (Å²) in [7, 11) is 0. The van der Waals surface area contributed by atoms with Gasteiger partial charge in [-0.25, -0.2) is 28.7 Å². The molecule has 7 nitrogen and oxygen atoms in total. The molecule has 2 atom stereocenters. The van der Waals surface area contributed by atoms with Crippen molar-refractivity contribution < 1.29 is 22.0 Å². The predicted octanol–water partition coefficient (Wildman–Crippen LogP) is 2.87. The Morgan fingerprint density at radius 3 is 2.63 bits per heavy atom. The van der Waals surface area contributed by atoms with Crippen molar-refractivity contribution in [1.29, 1.82) is 0 Å². The molecule has 0 spiro atoms. The Bertz CT molecular complexity index is 1060. The summed E-state index contributed by atoms with van der Waals surface area (Å²) in [5.41, 5.74) is 4.89. The minimum atomic E-state index is -4.62. The lowest BCUT2D eigenvalue weighted by Crippen LogP contribution is -2.55. The van der Waals surface area contributed by atoms with Gasteiger partial charge in [-0.3, -0.25) is 4.40 Å². The summed E-state index contributed by atoms with van der Waals surface area (Å²) >= 11 is 0. The molecule has 3 aromatic rings. The third-order valence-corrected chi connectivity index (χ3v) is 5.30. The van der Waals surface area contributed by atoms with E-state index in [9.17, 15) is 22.0 Å². The third kappa shape index (κ3) is 3.44. The first-order chi connectivity index (χ1) is 14.1. The van der Waals surface area contributed by atoms with E-state index in [1.807, 2.05) is 0 Å². The number of piperidine rings is 1. The average molecular weight is 427 g/mol. The van der Waals surface area contributed by atoms with Crippen LogP contribution < -0.4 is 10.6 Å². The molecule has 1 saturated heterocycles. The summed E-state index contributed by atoms with van der Waals surface area (Å²) < 4.78 is 68.9. The molecule has 30 heavy (non-hydrogen) atoms. The lowest BCUT2D eigenvalue weighted by molar-refractivity contribution is -0.141. The Balaban J connectivity index is 1.71. The van der Waals surface area contributed by atoms with Gasteiger partial charge >= 0.3 is 6.18 Å². The molecule has 0 radical (unpaired) electrons.